The van der Waals surface area contributed by atoms with Crippen LogP contribution >= 0.6 is 11.8 Å². The van der Waals surface area contributed by atoms with Gasteiger partial charge in [-0.05, 0) is 42.4 Å². The minimum atomic E-state index is -0.679. The first-order valence-corrected chi connectivity index (χ1v) is 7.24. The average molecular weight is 291 g/mol. The highest BCUT2D eigenvalue weighted by atomic mass is 32.2. The van der Waals surface area contributed by atoms with Crippen LogP contribution in [0.1, 0.15) is 26.2 Å². The fourth-order valence-electron chi connectivity index (χ4n) is 1.50. The van der Waals surface area contributed by atoms with Gasteiger partial charge in [-0.15, -0.1) is 0 Å². The molecule has 0 saturated carbocycles. The minimum Gasteiger partial charge on any atom is -0.348 e. The average Bonchev–Trinajstić information content (AvgIpc) is 2.45. The molecular formula is C14H17N3O2S. The summed E-state index contributed by atoms with van der Waals surface area (Å²) in [6.45, 7) is 2.58. The number of hydrogen-bond donors (Lipinski definition) is 2. The van der Waals surface area contributed by atoms with Gasteiger partial charge < -0.3 is 10.6 Å². The van der Waals surface area contributed by atoms with Gasteiger partial charge >= 0.3 is 11.8 Å². The molecule has 0 aliphatic carbocycles. The van der Waals surface area contributed by atoms with Crippen LogP contribution in [0.25, 0.3) is 0 Å². The first kappa shape index (κ1) is 16.1. The van der Waals surface area contributed by atoms with E-state index in [9.17, 15) is 9.59 Å². The predicted octanol–water partition coefficient (Wildman–Crippen LogP) is 2.50. The summed E-state index contributed by atoms with van der Waals surface area (Å²) >= 11 is 1.04. The molecule has 6 heteroatoms. The molecule has 106 valence electrons. The van der Waals surface area contributed by atoms with Crippen LogP contribution in [0.5, 0.6) is 0 Å². The molecule has 1 aromatic rings. The number of thioether (sulfide) groups is 1. The van der Waals surface area contributed by atoms with E-state index in [1.54, 1.807) is 24.3 Å². The molecule has 0 saturated heterocycles. The molecule has 0 unspecified atom stereocenters. The molecule has 0 spiro atoms. The van der Waals surface area contributed by atoms with Crippen molar-refractivity contribution in [2.45, 2.75) is 31.1 Å². The molecule has 0 heterocycles. The number of nitrogens with zero attached hydrogens (tertiary/aromatic N) is 1. The molecule has 20 heavy (non-hydrogen) atoms. The molecule has 0 fully saturated rings. The van der Waals surface area contributed by atoms with E-state index < -0.39 is 11.8 Å². The van der Waals surface area contributed by atoms with Crippen LogP contribution < -0.4 is 10.6 Å². The molecule has 0 radical (unpaired) electrons. The van der Waals surface area contributed by atoms with Crippen molar-refractivity contribution in [3.8, 4) is 5.40 Å². The van der Waals surface area contributed by atoms with Gasteiger partial charge in [0.1, 0.15) is 5.40 Å². The lowest BCUT2D eigenvalue weighted by Gasteiger charge is -2.06. The van der Waals surface area contributed by atoms with Crippen LogP contribution in [0.3, 0.4) is 0 Å². The number of benzene rings is 1. The molecule has 0 aliphatic rings. The number of thiocyanates is 1. The second kappa shape index (κ2) is 8.99. The Bertz CT molecular complexity index is 494. The van der Waals surface area contributed by atoms with Crippen molar-refractivity contribution in [2.75, 3.05) is 11.9 Å². The van der Waals surface area contributed by atoms with Crippen molar-refractivity contribution in [2.24, 2.45) is 0 Å². The van der Waals surface area contributed by atoms with Crippen LogP contribution in [-0.2, 0) is 9.59 Å². The van der Waals surface area contributed by atoms with E-state index in [1.807, 2.05) is 5.40 Å². The first-order valence-electron chi connectivity index (χ1n) is 6.42. The van der Waals surface area contributed by atoms with Gasteiger partial charge in [0.05, 0.1) is 0 Å². The second-order valence-corrected chi connectivity index (χ2v) is 4.99. The number of carbonyl (C=O) groups excluding carboxylic acids is 2. The molecule has 0 aromatic heterocycles. The molecule has 0 atom stereocenters. The van der Waals surface area contributed by atoms with Crippen LogP contribution in [0.2, 0.25) is 0 Å². The van der Waals surface area contributed by atoms with E-state index in [1.165, 1.54) is 0 Å². The van der Waals surface area contributed by atoms with E-state index in [0.29, 0.717) is 12.2 Å². The van der Waals surface area contributed by atoms with E-state index in [0.717, 1.165) is 35.9 Å². The van der Waals surface area contributed by atoms with Gasteiger partial charge in [-0.2, -0.15) is 5.26 Å². The Kier molecular flexibility index (Phi) is 7.22. The number of amides is 2. The Morgan fingerprint density at radius 2 is 1.90 bits per heavy atom. The fraction of sp³-hybridized carbons (Fsp3) is 0.357. The minimum absolute atomic E-state index is 0.512. The molecule has 0 aliphatic heterocycles. The molecule has 2 N–H and O–H groups in total. The van der Waals surface area contributed by atoms with Gasteiger partial charge in [-0.3, -0.25) is 9.59 Å². The van der Waals surface area contributed by atoms with Gasteiger partial charge in [0, 0.05) is 17.1 Å². The van der Waals surface area contributed by atoms with E-state index in [-0.39, 0.29) is 0 Å². The van der Waals surface area contributed by atoms with E-state index >= 15 is 0 Å². The molecule has 1 aromatic carbocycles. The second-order valence-electron chi connectivity index (χ2n) is 4.13. The topological polar surface area (TPSA) is 82.0 Å². The maximum Gasteiger partial charge on any atom is 0.313 e. The molecular weight excluding hydrogens is 274 g/mol. The number of rotatable bonds is 6. The molecule has 2 amide bonds. The maximum absolute atomic E-state index is 11.6. The zero-order chi connectivity index (χ0) is 14.8. The van der Waals surface area contributed by atoms with Gasteiger partial charge in [0.25, 0.3) is 0 Å². The lowest BCUT2D eigenvalue weighted by atomic mass is 10.2. The van der Waals surface area contributed by atoms with Crippen LogP contribution in [-0.4, -0.2) is 18.4 Å². The Hall–Kier alpha value is -2.00. The van der Waals surface area contributed by atoms with Crippen LogP contribution in [0, 0.1) is 10.7 Å². The number of unbranched alkanes of at least 4 members (excludes halogenated alkanes) is 2. The quantitative estimate of drug-likeness (QED) is 0.365. The van der Waals surface area contributed by atoms with Crippen LogP contribution in [0.15, 0.2) is 29.2 Å². The number of hydrogen-bond acceptors (Lipinski definition) is 4. The highest BCUT2D eigenvalue weighted by Gasteiger charge is 2.12. The molecule has 5 nitrogen and oxygen atoms in total. The molecule has 1 rings (SSSR count). The first-order chi connectivity index (χ1) is 9.67. The Balaban J connectivity index is 2.41. The summed E-state index contributed by atoms with van der Waals surface area (Å²) in [4.78, 5) is 23.9. The van der Waals surface area contributed by atoms with Crippen molar-refractivity contribution < 1.29 is 9.59 Å². The largest absolute Gasteiger partial charge is 0.348 e. The van der Waals surface area contributed by atoms with Gasteiger partial charge in [-0.1, -0.05) is 19.8 Å². The summed E-state index contributed by atoms with van der Waals surface area (Å²) in [6.07, 6.45) is 2.96. The van der Waals surface area contributed by atoms with Gasteiger partial charge in [0.2, 0.25) is 0 Å². The van der Waals surface area contributed by atoms with Crippen molar-refractivity contribution in [3.63, 3.8) is 0 Å². The van der Waals surface area contributed by atoms with E-state index in [4.69, 9.17) is 5.26 Å². The summed E-state index contributed by atoms with van der Waals surface area (Å²) in [5.74, 6) is -1.31. The summed E-state index contributed by atoms with van der Waals surface area (Å²) in [6, 6.07) is 6.73. The third-order valence-electron chi connectivity index (χ3n) is 2.55. The summed E-state index contributed by atoms with van der Waals surface area (Å²) in [5.41, 5.74) is 0.529. The number of nitrogens with one attached hydrogen (secondary N) is 2. The van der Waals surface area contributed by atoms with Gasteiger partial charge in [-0.25, -0.2) is 0 Å². The zero-order valence-electron chi connectivity index (χ0n) is 11.3. The normalized spacial score (nSPS) is 9.60. The van der Waals surface area contributed by atoms with Crippen LogP contribution in [0.4, 0.5) is 5.69 Å². The Morgan fingerprint density at radius 1 is 1.20 bits per heavy atom. The number of carbonyl (C=O) groups is 2. The smallest absolute Gasteiger partial charge is 0.313 e. The fourth-order valence-corrected chi connectivity index (χ4v) is 1.88. The van der Waals surface area contributed by atoms with E-state index in [2.05, 4.69) is 17.6 Å². The Labute approximate surface area is 122 Å². The van der Waals surface area contributed by atoms with Crippen molar-refractivity contribution in [3.05, 3.63) is 24.3 Å². The monoisotopic (exact) mass is 291 g/mol. The predicted molar refractivity (Wildman–Crippen MR) is 79.1 cm³/mol. The lowest BCUT2D eigenvalue weighted by molar-refractivity contribution is -0.136. The zero-order valence-corrected chi connectivity index (χ0v) is 12.1. The summed E-state index contributed by atoms with van der Waals surface area (Å²) in [5, 5.41) is 15.6. The summed E-state index contributed by atoms with van der Waals surface area (Å²) in [7, 11) is 0. The number of nitriles is 1. The third kappa shape index (κ3) is 5.76. The summed E-state index contributed by atoms with van der Waals surface area (Å²) < 4.78 is 0. The third-order valence-corrected chi connectivity index (χ3v) is 3.15. The standard InChI is InChI=1S/C14H17N3O2S/c1-2-3-4-9-16-13(18)14(19)17-11-5-7-12(8-6-11)20-10-15/h5-8H,2-4,9H2,1H3,(H,16,18)(H,17,19). The Morgan fingerprint density at radius 3 is 2.50 bits per heavy atom. The maximum atomic E-state index is 11.6. The molecule has 0 bridgehead atoms. The number of anilines is 1. The van der Waals surface area contributed by atoms with Crippen molar-refractivity contribution in [1.82, 2.24) is 5.32 Å². The van der Waals surface area contributed by atoms with Gasteiger partial charge in [0.15, 0.2) is 0 Å². The van der Waals surface area contributed by atoms with Crippen molar-refractivity contribution >= 4 is 29.3 Å². The lowest BCUT2D eigenvalue weighted by Crippen LogP contribution is -2.35. The van der Waals surface area contributed by atoms with Crippen molar-refractivity contribution in [1.29, 1.82) is 5.26 Å². The SMILES string of the molecule is CCCCCNC(=O)C(=O)Nc1ccc(SC#N)cc1. The highest BCUT2D eigenvalue weighted by molar-refractivity contribution is 8.03. The highest BCUT2D eigenvalue weighted by Crippen LogP contribution is 2.18.